The first kappa shape index (κ1) is 7.34. The first-order valence-electron chi connectivity index (χ1n) is 5.14. The monoisotopic (exact) mass is 168 g/mol. The molecule has 0 amide bonds. The van der Waals surface area contributed by atoms with Crippen molar-refractivity contribution in [2.45, 2.75) is 32.0 Å². The van der Waals surface area contributed by atoms with Crippen LogP contribution in [0.5, 0.6) is 0 Å². The second-order valence-corrected chi connectivity index (χ2v) is 4.72. The Labute approximate surface area is 72.9 Å². The molecule has 68 valence electrons. The molecule has 12 heavy (non-hydrogen) atoms. The smallest absolute Gasteiger partial charge is 0.157 e. The Morgan fingerprint density at radius 1 is 1.00 bits per heavy atom. The molecule has 4 bridgehead atoms. The molecule has 0 aromatic heterocycles. The van der Waals surface area contributed by atoms with Gasteiger partial charge in [-0.2, -0.15) is 0 Å². The highest BCUT2D eigenvalue weighted by Crippen LogP contribution is 2.51. The van der Waals surface area contributed by atoms with Crippen molar-refractivity contribution in [3.63, 3.8) is 0 Å². The average Bonchev–Trinajstić information content (AvgIpc) is 2.50. The van der Waals surface area contributed by atoms with E-state index in [4.69, 9.17) is 4.74 Å². The Balaban J connectivity index is 1.88. The van der Waals surface area contributed by atoms with E-state index < -0.39 is 6.29 Å². The molecule has 5 unspecified atom stereocenters. The summed E-state index contributed by atoms with van der Waals surface area (Å²) in [7, 11) is 0. The molecule has 1 heterocycles. The van der Waals surface area contributed by atoms with Gasteiger partial charge in [0.05, 0.1) is 6.61 Å². The summed E-state index contributed by atoms with van der Waals surface area (Å²) in [6.45, 7) is 0.815. The van der Waals surface area contributed by atoms with Gasteiger partial charge in [-0.25, -0.2) is 0 Å². The molecule has 2 saturated carbocycles. The minimum atomic E-state index is -0.440. The van der Waals surface area contributed by atoms with Crippen LogP contribution >= 0.6 is 0 Å². The first-order chi connectivity index (χ1) is 5.84. The van der Waals surface area contributed by atoms with Gasteiger partial charge in [0.15, 0.2) is 6.29 Å². The maximum absolute atomic E-state index is 9.62. The Morgan fingerprint density at radius 2 is 1.83 bits per heavy atom. The summed E-state index contributed by atoms with van der Waals surface area (Å²) in [6, 6.07) is 0. The molecule has 5 atom stereocenters. The maximum Gasteiger partial charge on any atom is 0.157 e. The third kappa shape index (κ3) is 0.882. The van der Waals surface area contributed by atoms with Crippen LogP contribution in [0.25, 0.3) is 0 Å². The fourth-order valence-corrected chi connectivity index (χ4v) is 3.50. The summed E-state index contributed by atoms with van der Waals surface area (Å²) in [5.74, 6) is 2.96. The maximum atomic E-state index is 9.62. The van der Waals surface area contributed by atoms with Gasteiger partial charge in [-0.3, -0.25) is 0 Å². The van der Waals surface area contributed by atoms with Gasteiger partial charge in [0.2, 0.25) is 0 Å². The molecule has 3 fully saturated rings. The lowest BCUT2D eigenvalue weighted by Crippen LogP contribution is -2.42. The summed E-state index contributed by atoms with van der Waals surface area (Å²) in [4.78, 5) is 0. The highest BCUT2D eigenvalue weighted by Gasteiger charge is 2.47. The van der Waals surface area contributed by atoms with Gasteiger partial charge in [0, 0.05) is 5.92 Å². The number of hydrogen-bond donors (Lipinski definition) is 1. The summed E-state index contributed by atoms with van der Waals surface area (Å²) in [5, 5.41) is 9.62. The fourth-order valence-electron chi connectivity index (χ4n) is 3.50. The van der Waals surface area contributed by atoms with Crippen molar-refractivity contribution >= 4 is 0 Å². The molecule has 0 aromatic rings. The molecule has 1 saturated heterocycles. The second-order valence-electron chi connectivity index (χ2n) is 4.72. The van der Waals surface area contributed by atoms with E-state index in [1.165, 1.54) is 25.7 Å². The molecular weight excluding hydrogens is 152 g/mol. The van der Waals surface area contributed by atoms with Crippen LogP contribution in [0.4, 0.5) is 0 Å². The van der Waals surface area contributed by atoms with Crippen LogP contribution in [0.15, 0.2) is 0 Å². The molecule has 2 aliphatic carbocycles. The lowest BCUT2D eigenvalue weighted by molar-refractivity contribution is -0.201. The number of aliphatic hydroxyl groups excluding tert-OH is 1. The molecule has 3 rings (SSSR count). The SMILES string of the molecule is OC1OCC2CC1C1CCC2C1. The van der Waals surface area contributed by atoms with Crippen molar-refractivity contribution in [2.24, 2.45) is 23.7 Å². The lowest BCUT2D eigenvalue weighted by Gasteiger charge is -2.42. The van der Waals surface area contributed by atoms with Crippen molar-refractivity contribution in [3.05, 3.63) is 0 Å². The van der Waals surface area contributed by atoms with E-state index in [2.05, 4.69) is 0 Å². The number of ether oxygens (including phenoxy) is 1. The predicted molar refractivity (Wildman–Crippen MR) is 44.4 cm³/mol. The summed E-state index contributed by atoms with van der Waals surface area (Å²) < 4.78 is 5.38. The summed E-state index contributed by atoms with van der Waals surface area (Å²) in [6.07, 6.45) is 4.89. The van der Waals surface area contributed by atoms with Crippen molar-refractivity contribution in [1.82, 2.24) is 0 Å². The topological polar surface area (TPSA) is 29.5 Å². The lowest BCUT2D eigenvalue weighted by atomic mass is 9.72. The zero-order chi connectivity index (χ0) is 8.13. The van der Waals surface area contributed by atoms with E-state index in [1.807, 2.05) is 0 Å². The van der Waals surface area contributed by atoms with Gasteiger partial charge in [-0.1, -0.05) is 0 Å². The zero-order valence-corrected chi connectivity index (χ0v) is 7.28. The Morgan fingerprint density at radius 3 is 2.75 bits per heavy atom. The zero-order valence-electron chi connectivity index (χ0n) is 7.28. The third-order valence-electron chi connectivity index (χ3n) is 4.21. The van der Waals surface area contributed by atoms with Crippen LogP contribution in [0.3, 0.4) is 0 Å². The van der Waals surface area contributed by atoms with E-state index in [1.54, 1.807) is 0 Å². The van der Waals surface area contributed by atoms with E-state index in [0.717, 1.165) is 24.4 Å². The summed E-state index contributed by atoms with van der Waals surface area (Å²) in [5.41, 5.74) is 0. The molecule has 3 aliphatic rings. The number of aliphatic hydroxyl groups is 1. The van der Waals surface area contributed by atoms with Crippen LogP contribution in [0, 0.1) is 23.7 Å². The van der Waals surface area contributed by atoms with Gasteiger partial charge < -0.3 is 9.84 Å². The van der Waals surface area contributed by atoms with Gasteiger partial charge in [0.25, 0.3) is 0 Å². The average molecular weight is 168 g/mol. The van der Waals surface area contributed by atoms with E-state index >= 15 is 0 Å². The quantitative estimate of drug-likeness (QED) is 0.592. The van der Waals surface area contributed by atoms with E-state index in [9.17, 15) is 5.11 Å². The van der Waals surface area contributed by atoms with Gasteiger partial charge in [-0.05, 0) is 43.4 Å². The predicted octanol–water partition coefficient (Wildman–Crippen LogP) is 1.39. The van der Waals surface area contributed by atoms with Crippen molar-refractivity contribution in [1.29, 1.82) is 0 Å². The Kier molecular flexibility index (Phi) is 1.50. The highest BCUT2D eigenvalue weighted by atomic mass is 16.6. The van der Waals surface area contributed by atoms with Gasteiger partial charge >= 0.3 is 0 Å². The Hall–Kier alpha value is -0.0800. The summed E-state index contributed by atoms with van der Waals surface area (Å²) >= 11 is 0. The Bertz CT molecular complexity index is 192. The molecule has 0 radical (unpaired) electrons. The standard InChI is InChI=1S/C10H16O2/c11-10-9-4-8(5-12-10)6-1-2-7(9)3-6/h6-11H,1-5H2. The number of hydrogen-bond acceptors (Lipinski definition) is 2. The minimum absolute atomic E-state index is 0.440. The van der Waals surface area contributed by atoms with Gasteiger partial charge in [-0.15, -0.1) is 0 Å². The van der Waals surface area contributed by atoms with E-state index in [0.29, 0.717) is 5.92 Å². The van der Waals surface area contributed by atoms with Gasteiger partial charge in [0.1, 0.15) is 0 Å². The van der Waals surface area contributed by atoms with Crippen molar-refractivity contribution < 1.29 is 9.84 Å². The van der Waals surface area contributed by atoms with Crippen LogP contribution in [-0.2, 0) is 4.74 Å². The first-order valence-corrected chi connectivity index (χ1v) is 5.14. The molecule has 2 heteroatoms. The second kappa shape index (κ2) is 2.46. The van der Waals surface area contributed by atoms with Crippen LogP contribution < -0.4 is 0 Å². The van der Waals surface area contributed by atoms with E-state index in [-0.39, 0.29) is 0 Å². The largest absolute Gasteiger partial charge is 0.368 e. The fraction of sp³-hybridized carbons (Fsp3) is 1.00. The molecule has 1 aliphatic heterocycles. The molecule has 1 N–H and O–H groups in total. The molecule has 0 aromatic carbocycles. The minimum Gasteiger partial charge on any atom is -0.368 e. The van der Waals surface area contributed by atoms with Crippen LogP contribution in [-0.4, -0.2) is 18.0 Å². The molecule has 0 spiro atoms. The van der Waals surface area contributed by atoms with Crippen LogP contribution in [0.2, 0.25) is 0 Å². The highest BCUT2D eigenvalue weighted by molar-refractivity contribution is 4.94. The van der Waals surface area contributed by atoms with Crippen molar-refractivity contribution in [3.8, 4) is 0 Å². The molecular formula is C10H16O2. The molecule has 2 nitrogen and oxygen atoms in total. The number of fused-ring (bicyclic) bond motifs is 6. The van der Waals surface area contributed by atoms with Crippen molar-refractivity contribution in [2.75, 3.05) is 6.61 Å². The number of rotatable bonds is 0. The van der Waals surface area contributed by atoms with Crippen LogP contribution in [0.1, 0.15) is 25.7 Å². The third-order valence-corrected chi connectivity index (χ3v) is 4.21. The normalized spacial score (nSPS) is 57.2.